The van der Waals surface area contributed by atoms with Crippen molar-refractivity contribution < 1.29 is 14.3 Å². The molecule has 0 saturated heterocycles. The molecule has 0 bridgehead atoms. The minimum Gasteiger partial charge on any atom is -0.493 e. The molecule has 0 aromatic heterocycles. The Kier molecular flexibility index (Phi) is 3.41. The average molecular weight is 248 g/mol. The summed E-state index contributed by atoms with van der Waals surface area (Å²) in [5.74, 6) is 0.854. The van der Waals surface area contributed by atoms with Crippen molar-refractivity contribution in [2.45, 2.75) is 6.42 Å². The topological polar surface area (TPSA) is 73.6 Å². The minimum absolute atomic E-state index is 0.472. The molecule has 0 aliphatic carbocycles. The van der Waals surface area contributed by atoms with Crippen LogP contribution in [0, 0.1) is 0 Å². The van der Waals surface area contributed by atoms with Crippen LogP contribution in [0.15, 0.2) is 18.2 Å². The lowest BCUT2D eigenvalue weighted by Crippen LogP contribution is -2.24. The number of rotatable bonds is 3. The zero-order chi connectivity index (χ0) is 13.1. The van der Waals surface area contributed by atoms with E-state index in [1.165, 1.54) is 6.08 Å². The summed E-state index contributed by atoms with van der Waals surface area (Å²) in [6.45, 7) is 0.765. The van der Waals surface area contributed by atoms with Crippen LogP contribution in [0.5, 0.6) is 11.5 Å². The van der Waals surface area contributed by atoms with Crippen molar-refractivity contribution >= 4 is 11.6 Å². The van der Waals surface area contributed by atoms with E-state index in [0.29, 0.717) is 11.5 Å². The van der Waals surface area contributed by atoms with Crippen molar-refractivity contribution in [3.05, 3.63) is 29.3 Å². The maximum absolute atomic E-state index is 11.0. The molecule has 1 amide bonds. The Morgan fingerprint density at radius 2 is 2.00 bits per heavy atom. The molecule has 0 radical (unpaired) electrons. The Bertz CT molecular complexity index is 509. The van der Waals surface area contributed by atoms with Gasteiger partial charge in [0, 0.05) is 23.9 Å². The summed E-state index contributed by atoms with van der Waals surface area (Å²) in [5, 5.41) is 3.16. The fourth-order valence-corrected chi connectivity index (χ4v) is 2.08. The number of nitrogens with two attached hydrogens (primary N) is 1. The van der Waals surface area contributed by atoms with Gasteiger partial charge in [0.05, 0.1) is 14.2 Å². The van der Waals surface area contributed by atoms with E-state index in [-0.39, 0.29) is 0 Å². The van der Waals surface area contributed by atoms with Gasteiger partial charge in [0.25, 0.3) is 0 Å². The van der Waals surface area contributed by atoms with Crippen molar-refractivity contribution in [3.63, 3.8) is 0 Å². The first-order chi connectivity index (χ1) is 8.65. The summed E-state index contributed by atoms with van der Waals surface area (Å²) in [6.07, 6.45) is 2.26. The van der Waals surface area contributed by atoms with Gasteiger partial charge in [-0.25, -0.2) is 0 Å². The molecular formula is C13H16N2O3. The monoisotopic (exact) mass is 248 g/mol. The number of hydrogen-bond acceptors (Lipinski definition) is 4. The Morgan fingerprint density at radius 3 is 2.61 bits per heavy atom. The highest BCUT2D eigenvalue weighted by atomic mass is 16.5. The number of methoxy groups -OCH3 is 2. The van der Waals surface area contributed by atoms with E-state index in [4.69, 9.17) is 15.2 Å². The van der Waals surface area contributed by atoms with Gasteiger partial charge in [-0.05, 0) is 24.1 Å². The molecule has 0 unspecified atom stereocenters. The normalized spacial score (nSPS) is 15.8. The quantitative estimate of drug-likeness (QED) is 0.771. The van der Waals surface area contributed by atoms with Gasteiger partial charge in [-0.3, -0.25) is 4.79 Å². The van der Waals surface area contributed by atoms with Gasteiger partial charge in [0.15, 0.2) is 11.5 Å². The zero-order valence-electron chi connectivity index (χ0n) is 10.4. The van der Waals surface area contributed by atoms with E-state index in [1.807, 2.05) is 12.1 Å². The molecule has 5 heteroatoms. The second-order valence-corrected chi connectivity index (χ2v) is 4.00. The van der Waals surface area contributed by atoms with Gasteiger partial charge in [0.2, 0.25) is 5.91 Å². The van der Waals surface area contributed by atoms with Crippen molar-refractivity contribution in [1.82, 2.24) is 5.32 Å². The zero-order valence-corrected chi connectivity index (χ0v) is 10.4. The SMILES string of the molecule is COc1cc2c(cc1OC)/C(=C/C(N)=O)NCC2. The van der Waals surface area contributed by atoms with Crippen LogP contribution in [0.1, 0.15) is 11.1 Å². The van der Waals surface area contributed by atoms with Crippen LogP contribution in [0.4, 0.5) is 0 Å². The summed E-state index contributed by atoms with van der Waals surface area (Å²) >= 11 is 0. The Hall–Kier alpha value is -2.17. The molecule has 5 nitrogen and oxygen atoms in total. The summed E-state index contributed by atoms with van der Waals surface area (Å²) in [4.78, 5) is 11.0. The molecule has 1 heterocycles. The number of primary amides is 1. The third kappa shape index (κ3) is 2.25. The smallest absolute Gasteiger partial charge is 0.243 e. The molecular weight excluding hydrogens is 232 g/mol. The van der Waals surface area contributed by atoms with Crippen LogP contribution >= 0.6 is 0 Å². The molecule has 1 aromatic carbocycles. The van der Waals surface area contributed by atoms with Crippen molar-refractivity contribution in [2.75, 3.05) is 20.8 Å². The summed E-state index contributed by atoms with van der Waals surface area (Å²) < 4.78 is 10.5. The Balaban J connectivity index is 2.53. The van der Waals surface area contributed by atoms with E-state index in [0.717, 1.165) is 29.8 Å². The van der Waals surface area contributed by atoms with Crippen LogP contribution in [-0.2, 0) is 11.2 Å². The molecule has 0 atom stereocenters. The van der Waals surface area contributed by atoms with Gasteiger partial charge < -0.3 is 20.5 Å². The molecule has 1 aliphatic rings. The molecule has 0 saturated carbocycles. The molecule has 0 spiro atoms. The van der Waals surface area contributed by atoms with E-state index in [9.17, 15) is 4.79 Å². The third-order valence-electron chi connectivity index (χ3n) is 2.90. The van der Waals surface area contributed by atoms with Crippen LogP contribution in [0.3, 0.4) is 0 Å². The highest BCUT2D eigenvalue weighted by Gasteiger charge is 2.18. The number of fused-ring (bicyclic) bond motifs is 1. The van der Waals surface area contributed by atoms with Gasteiger partial charge in [-0.15, -0.1) is 0 Å². The number of nitrogens with one attached hydrogen (secondary N) is 1. The predicted octanol–water partition coefficient (Wildman–Crippen LogP) is 0.676. The van der Waals surface area contributed by atoms with Gasteiger partial charge in [-0.2, -0.15) is 0 Å². The number of amides is 1. The molecule has 2 rings (SSSR count). The fourth-order valence-electron chi connectivity index (χ4n) is 2.08. The Morgan fingerprint density at radius 1 is 1.33 bits per heavy atom. The molecule has 96 valence electrons. The van der Waals surface area contributed by atoms with E-state index in [2.05, 4.69) is 5.32 Å². The van der Waals surface area contributed by atoms with Crippen molar-refractivity contribution in [1.29, 1.82) is 0 Å². The second kappa shape index (κ2) is 5.00. The number of hydrogen-bond donors (Lipinski definition) is 2. The summed E-state index contributed by atoms with van der Waals surface area (Å²) in [6, 6.07) is 3.79. The minimum atomic E-state index is -0.472. The summed E-state index contributed by atoms with van der Waals surface area (Å²) in [5.41, 5.74) is 7.96. The van der Waals surface area contributed by atoms with E-state index in [1.54, 1.807) is 14.2 Å². The van der Waals surface area contributed by atoms with E-state index >= 15 is 0 Å². The van der Waals surface area contributed by atoms with Crippen LogP contribution in [0.25, 0.3) is 5.70 Å². The lowest BCUT2D eigenvalue weighted by Gasteiger charge is -2.22. The lowest BCUT2D eigenvalue weighted by molar-refractivity contribution is -0.113. The molecule has 0 fully saturated rings. The van der Waals surface area contributed by atoms with E-state index < -0.39 is 5.91 Å². The molecule has 1 aromatic rings. The number of carbonyl (C=O) groups is 1. The second-order valence-electron chi connectivity index (χ2n) is 4.00. The van der Waals surface area contributed by atoms with Crippen LogP contribution in [0.2, 0.25) is 0 Å². The average Bonchev–Trinajstić information content (AvgIpc) is 2.37. The number of ether oxygens (including phenoxy) is 2. The summed E-state index contributed by atoms with van der Waals surface area (Å²) in [7, 11) is 3.18. The van der Waals surface area contributed by atoms with Crippen LogP contribution < -0.4 is 20.5 Å². The third-order valence-corrected chi connectivity index (χ3v) is 2.90. The van der Waals surface area contributed by atoms with Crippen molar-refractivity contribution in [3.8, 4) is 11.5 Å². The predicted molar refractivity (Wildman–Crippen MR) is 68.4 cm³/mol. The van der Waals surface area contributed by atoms with Gasteiger partial charge in [0.1, 0.15) is 0 Å². The van der Waals surface area contributed by atoms with Gasteiger partial charge >= 0.3 is 0 Å². The first-order valence-corrected chi connectivity index (χ1v) is 5.66. The number of carbonyl (C=O) groups excluding carboxylic acids is 1. The lowest BCUT2D eigenvalue weighted by atomic mass is 9.97. The maximum atomic E-state index is 11.0. The molecule has 3 N–H and O–H groups in total. The fraction of sp³-hybridized carbons (Fsp3) is 0.308. The van der Waals surface area contributed by atoms with Crippen molar-refractivity contribution in [2.24, 2.45) is 5.73 Å². The first kappa shape index (κ1) is 12.3. The first-order valence-electron chi connectivity index (χ1n) is 5.66. The highest BCUT2D eigenvalue weighted by Crippen LogP contribution is 2.34. The molecule has 18 heavy (non-hydrogen) atoms. The van der Waals surface area contributed by atoms with Gasteiger partial charge in [-0.1, -0.05) is 0 Å². The number of benzene rings is 1. The standard InChI is InChI=1S/C13H16N2O3/c1-17-11-5-8-3-4-15-10(7-13(14)16)9(8)6-12(11)18-2/h5-7,15H,3-4H2,1-2H3,(H2,14,16)/b10-7-. The maximum Gasteiger partial charge on any atom is 0.243 e. The largest absolute Gasteiger partial charge is 0.493 e. The van der Waals surface area contributed by atoms with Crippen LogP contribution in [-0.4, -0.2) is 26.7 Å². The molecule has 1 aliphatic heterocycles. The Labute approximate surface area is 106 Å². The highest BCUT2D eigenvalue weighted by molar-refractivity contribution is 5.94.